The van der Waals surface area contributed by atoms with E-state index >= 15 is 0 Å². The van der Waals surface area contributed by atoms with Crippen LogP contribution >= 0.6 is 15.9 Å². The summed E-state index contributed by atoms with van der Waals surface area (Å²) in [4.78, 5) is 18.5. The zero-order valence-electron chi connectivity index (χ0n) is 15.1. The smallest absolute Gasteiger partial charge is 0.224 e. The first-order valence-electron chi connectivity index (χ1n) is 8.43. The number of nitrogens with one attached hydrogen (secondary N) is 2. The van der Waals surface area contributed by atoms with Crippen molar-refractivity contribution in [2.24, 2.45) is 10.9 Å². The fraction of sp³-hybridized carbons (Fsp3) is 0.556. The summed E-state index contributed by atoms with van der Waals surface area (Å²) in [5, 5.41) is 6.42. The Labute approximate surface area is 154 Å². The Morgan fingerprint density at radius 3 is 2.62 bits per heavy atom. The van der Waals surface area contributed by atoms with Gasteiger partial charge in [0.1, 0.15) is 0 Å². The summed E-state index contributed by atoms with van der Waals surface area (Å²) in [7, 11) is 1.83. The highest BCUT2D eigenvalue weighted by atomic mass is 79.9. The Kier molecular flexibility index (Phi) is 9.45. The molecule has 0 spiro atoms. The van der Waals surface area contributed by atoms with E-state index in [1.165, 1.54) is 0 Å². The Morgan fingerprint density at radius 2 is 2.00 bits per heavy atom. The zero-order valence-corrected chi connectivity index (χ0v) is 16.7. The van der Waals surface area contributed by atoms with E-state index in [-0.39, 0.29) is 5.91 Å². The molecular formula is C18H29BrN4O. The SMILES string of the molecule is CCNC(=NCC(C)C)NCCC(=O)N(C)Cc1ccccc1Br. The second-order valence-corrected chi connectivity index (χ2v) is 6.99. The van der Waals surface area contributed by atoms with Gasteiger partial charge in [0.05, 0.1) is 0 Å². The van der Waals surface area contributed by atoms with Crippen LogP contribution in [0.4, 0.5) is 0 Å². The van der Waals surface area contributed by atoms with Gasteiger partial charge in [-0.3, -0.25) is 9.79 Å². The first-order valence-corrected chi connectivity index (χ1v) is 9.22. The fourth-order valence-corrected chi connectivity index (χ4v) is 2.47. The molecule has 0 aliphatic carbocycles. The Morgan fingerprint density at radius 1 is 1.29 bits per heavy atom. The van der Waals surface area contributed by atoms with Gasteiger partial charge >= 0.3 is 0 Å². The maximum atomic E-state index is 12.3. The number of amides is 1. The number of guanidine groups is 1. The van der Waals surface area contributed by atoms with Gasteiger partial charge in [-0.2, -0.15) is 0 Å². The lowest BCUT2D eigenvalue weighted by Crippen LogP contribution is -2.39. The van der Waals surface area contributed by atoms with Crippen molar-refractivity contribution in [1.29, 1.82) is 0 Å². The lowest BCUT2D eigenvalue weighted by Gasteiger charge is -2.19. The van der Waals surface area contributed by atoms with Crippen molar-refractivity contribution < 1.29 is 4.79 Å². The molecule has 0 fully saturated rings. The molecular weight excluding hydrogens is 368 g/mol. The minimum absolute atomic E-state index is 0.109. The third-order valence-corrected chi connectivity index (χ3v) is 4.15. The van der Waals surface area contributed by atoms with E-state index in [0.717, 1.165) is 29.1 Å². The number of nitrogens with zero attached hydrogens (tertiary/aromatic N) is 2. The summed E-state index contributed by atoms with van der Waals surface area (Å²) in [6.07, 6.45) is 0.438. The van der Waals surface area contributed by atoms with Gasteiger partial charge in [-0.1, -0.05) is 48.0 Å². The van der Waals surface area contributed by atoms with Crippen LogP contribution in [0.3, 0.4) is 0 Å². The summed E-state index contributed by atoms with van der Waals surface area (Å²) < 4.78 is 1.03. The Hall–Kier alpha value is -1.56. The van der Waals surface area contributed by atoms with Gasteiger partial charge in [0, 0.05) is 44.1 Å². The van der Waals surface area contributed by atoms with E-state index in [0.29, 0.717) is 25.4 Å². The van der Waals surface area contributed by atoms with Crippen molar-refractivity contribution in [3.63, 3.8) is 0 Å². The molecule has 0 aliphatic heterocycles. The van der Waals surface area contributed by atoms with E-state index in [1.54, 1.807) is 4.90 Å². The van der Waals surface area contributed by atoms with Crippen molar-refractivity contribution in [2.75, 3.05) is 26.7 Å². The van der Waals surface area contributed by atoms with Gasteiger partial charge < -0.3 is 15.5 Å². The molecule has 1 aromatic carbocycles. The molecule has 0 saturated carbocycles. The van der Waals surface area contributed by atoms with Gasteiger partial charge in [-0.15, -0.1) is 0 Å². The van der Waals surface area contributed by atoms with Crippen LogP contribution in [0.25, 0.3) is 0 Å². The highest BCUT2D eigenvalue weighted by molar-refractivity contribution is 9.10. The lowest BCUT2D eigenvalue weighted by atomic mass is 10.2. The normalized spacial score (nSPS) is 11.5. The predicted molar refractivity (Wildman–Crippen MR) is 104 cm³/mol. The number of carbonyl (C=O) groups is 1. The lowest BCUT2D eigenvalue weighted by molar-refractivity contribution is -0.130. The van der Waals surface area contributed by atoms with Crippen molar-refractivity contribution in [3.8, 4) is 0 Å². The largest absolute Gasteiger partial charge is 0.357 e. The number of benzene rings is 1. The van der Waals surface area contributed by atoms with Crippen molar-refractivity contribution in [1.82, 2.24) is 15.5 Å². The monoisotopic (exact) mass is 396 g/mol. The molecule has 1 aromatic rings. The fourth-order valence-electron chi connectivity index (χ4n) is 2.06. The third-order valence-electron chi connectivity index (χ3n) is 3.38. The van der Waals surface area contributed by atoms with Crippen LogP contribution < -0.4 is 10.6 Å². The first-order chi connectivity index (χ1) is 11.4. The van der Waals surface area contributed by atoms with E-state index < -0.39 is 0 Å². The van der Waals surface area contributed by atoms with E-state index in [2.05, 4.69) is 45.4 Å². The molecule has 0 saturated heterocycles. The van der Waals surface area contributed by atoms with Crippen molar-refractivity contribution >= 4 is 27.8 Å². The third kappa shape index (κ3) is 7.81. The number of aliphatic imine (C=N–C) groups is 1. The van der Waals surface area contributed by atoms with Crippen molar-refractivity contribution in [3.05, 3.63) is 34.3 Å². The minimum Gasteiger partial charge on any atom is -0.357 e. The van der Waals surface area contributed by atoms with Crippen LogP contribution in [0.5, 0.6) is 0 Å². The highest BCUT2D eigenvalue weighted by Gasteiger charge is 2.11. The molecule has 24 heavy (non-hydrogen) atoms. The summed E-state index contributed by atoms with van der Waals surface area (Å²) >= 11 is 3.52. The van der Waals surface area contributed by atoms with E-state index in [4.69, 9.17) is 0 Å². The average Bonchev–Trinajstić information content (AvgIpc) is 2.54. The molecule has 0 unspecified atom stereocenters. The van der Waals surface area contributed by atoms with E-state index in [9.17, 15) is 4.79 Å². The Balaban J connectivity index is 2.43. The van der Waals surface area contributed by atoms with Gasteiger partial charge in [0.2, 0.25) is 5.91 Å². The molecule has 0 heterocycles. The summed E-state index contributed by atoms with van der Waals surface area (Å²) in [5.41, 5.74) is 1.10. The number of halogens is 1. The second kappa shape index (κ2) is 11.1. The second-order valence-electron chi connectivity index (χ2n) is 6.13. The van der Waals surface area contributed by atoms with Gasteiger partial charge in [0.25, 0.3) is 0 Å². The number of hydrogen-bond acceptors (Lipinski definition) is 2. The summed E-state index contributed by atoms with van der Waals surface area (Å²) in [6, 6.07) is 7.96. The Bertz CT molecular complexity index is 546. The zero-order chi connectivity index (χ0) is 17.9. The molecule has 5 nitrogen and oxygen atoms in total. The maximum absolute atomic E-state index is 12.3. The molecule has 0 bridgehead atoms. The molecule has 0 aromatic heterocycles. The quantitative estimate of drug-likeness (QED) is 0.524. The van der Waals surface area contributed by atoms with Crippen molar-refractivity contribution in [2.45, 2.75) is 33.7 Å². The van der Waals surface area contributed by atoms with Crippen LogP contribution in [-0.2, 0) is 11.3 Å². The van der Waals surface area contributed by atoms with Gasteiger partial charge in [-0.25, -0.2) is 0 Å². The topological polar surface area (TPSA) is 56.7 Å². The maximum Gasteiger partial charge on any atom is 0.224 e. The average molecular weight is 397 g/mol. The molecule has 134 valence electrons. The first kappa shape index (κ1) is 20.5. The molecule has 2 N–H and O–H groups in total. The molecule has 1 amide bonds. The minimum atomic E-state index is 0.109. The number of hydrogen-bond donors (Lipinski definition) is 2. The number of carbonyl (C=O) groups excluding carboxylic acids is 1. The molecule has 1 rings (SSSR count). The van der Waals surface area contributed by atoms with Crippen LogP contribution in [0, 0.1) is 5.92 Å². The van der Waals surface area contributed by atoms with E-state index in [1.807, 2.05) is 38.2 Å². The molecule has 0 aliphatic rings. The number of rotatable bonds is 8. The van der Waals surface area contributed by atoms with Crippen LogP contribution in [0.2, 0.25) is 0 Å². The van der Waals surface area contributed by atoms with Gasteiger partial charge in [-0.05, 0) is 24.5 Å². The molecule has 0 atom stereocenters. The van der Waals surface area contributed by atoms with Crippen LogP contribution in [0.15, 0.2) is 33.7 Å². The predicted octanol–water partition coefficient (Wildman–Crippen LogP) is 3.01. The summed E-state index contributed by atoms with van der Waals surface area (Å²) in [6.45, 7) is 9.04. The molecule has 6 heteroatoms. The molecule has 0 radical (unpaired) electrons. The van der Waals surface area contributed by atoms with Crippen LogP contribution in [0.1, 0.15) is 32.8 Å². The highest BCUT2D eigenvalue weighted by Crippen LogP contribution is 2.17. The summed E-state index contributed by atoms with van der Waals surface area (Å²) in [5.74, 6) is 1.39. The standard InChI is InChI=1S/C18H29BrN4O/c1-5-20-18(22-12-14(2)3)21-11-10-17(24)23(4)13-15-8-6-7-9-16(15)19/h6-9,14H,5,10-13H2,1-4H3,(H2,20,21,22). The van der Waals surface area contributed by atoms with Gasteiger partial charge in [0.15, 0.2) is 5.96 Å². The van der Waals surface area contributed by atoms with Crippen LogP contribution in [-0.4, -0.2) is 43.4 Å².